The third kappa shape index (κ3) is 4.08. The molecular weight excluding hydrogens is 260 g/mol. The van der Waals surface area contributed by atoms with Crippen molar-refractivity contribution in [1.82, 2.24) is 5.32 Å². The summed E-state index contributed by atoms with van der Waals surface area (Å²) in [5.74, 6) is 0.793. The van der Waals surface area contributed by atoms with Crippen molar-refractivity contribution in [3.05, 3.63) is 23.8 Å². The van der Waals surface area contributed by atoms with Gasteiger partial charge in [-0.05, 0) is 49.7 Å². The van der Waals surface area contributed by atoms with Crippen LogP contribution in [0.5, 0.6) is 5.75 Å². The van der Waals surface area contributed by atoms with Gasteiger partial charge in [-0.15, -0.1) is 0 Å². The second-order valence-electron chi connectivity index (χ2n) is 4.67. The maximum Gasteiger partial charge on any atom is 0.170 e. The quantitative estimate of drug-likeness (QED) is 0.829. The van der Waals surface area contributed by atoms with E-state index in [2.05, 4.69) is 10.6 Å². The molecule has 4 nitrogen and oxygen atoms in total. The van der Waals surface area contributed by atoms with E-state index >= 15 is 0 Å². The normalized spacial score (nSPS) is 18.1. The Kier molecular flexibility index (Phi) is 4.99. The second kappa shape index (κ2) is 6.73. The van der Waals surface area contributed by atoms with Gasteiger partial charge in [0, 0.05) is 13.2 Å². The minimum atomic E-state index is 0.277. The van der Waals surface area contributed by atoms with Crippen molar-refractivity contribution in [2.75, 3.05) is 25.6 Å². The molecule has 5 heteroatoms. The van der Waals surface area contributed by atoms with Gasteiger partial charge in [0.25, 0.3) is 0 Å². The first-order valence-electron chi connectivity index (χ1n) is 6.50. The number of thiocarbonyl (C=S) groups is 1. The van der Waals surface area contributed by atoms with E-state index < -0.39 is 0 Å². The van der Waals surface area contributed by atoms with Gasteiger partial charge in [0.15, 0.2) is 5.11 Å². The van der Waals surface area contributed by atoms with Crippen LogP contribution in [-0.4, -0.2) is 31.5 Å². The summed E-state index contributed by atoms with van der Waals surface area (Å²) in [4.78, 5) is 0. The molecule has 1 aliphatic rings. The van der Waals surface area contributed by atoms with E-state index in [0.717, 1.165) is 43.0 Å². The third-order valence-corrected chi connectivity index (χ3v) is 3.37. The molecule has 2 rings (SSSR count). The fourth-order valence-electron chi connectivity index (χ4n) is 2.08. The Morgan fingerprint density at radius 3 is 3.05 bits per heavy atom. The number of ether oxygens (including phenoxy) is 2. The van der Waals surface area contributed by atoms with Gasteiger partial charge in [0.05, 0.1) is 18.9 Å². The van der Waals surface area contributed by atoms with Gasteiger partial charge in [0.2, 0.25) is 0 Å². The molecule has 1 heterocycles. The summed E-state index contributed by atoms with van der Waals surface area (Å²) in [5, 5.41) is 6.93. The maximum atomic E-state index is 5.54. The molecule has 1 aromatic rings. The summed E-state index contributed by atoms with van der Waals surface area (Å²) in [7, 11) is 1.66. The molecule has 0 saturated carbocycles. The van der Waals surface area contributed by atoms with Crippen molar-refractivity contribution in [2.24, 2.45) is 0 Å². The average Bonchev–Trinajstić information content (AvgIpc) is 2.91. The highest BCUT2D eigenvalue weighted by atomic mass is 32.1. The molecule has 0 bridgehead atoms. The predicted octanol–water partition coefficient (Wildman–Crippen LogP) is 2.47. The number of aryl methyl sites for hydroxylation is 1. The molecule has 0 aliphatic carbocycles. The molecule has 1 fully saturated rings. The summed E-state index contributed by atoms with van der Waals surface area (Å²) < 4.78 is 10.9. The Hall–Kier alpha value is -1.33. The van der Waals surface area contributed by atoms with Crippen molar-refractivity contribution in [3.63, 3.8) is 0 Å². The van der Waals surface area contributed by atoms with Gasteiger partial charge < -0.3 is 20.1 Å². The Labute approximate surface area is 119 Å². The van der Waals surface area contributed by atoms with Gasteiger partial charge in [-0.3, -0.25) is 0 Å². The van der Waals surface area contributed by atoms with Gasteiger partial charge in [0.1, 0.15) is 5.75 Å². The number of hydrogen-bond acceptors (Lipinski definition) is 3. The number of anilines is 1. The highest BCUT2D eigenvalue weighted by molar-refractivity contribution is 7.80. The summed E-state index contributed by atoms with van der Waals surface area (Å²) in [6, 6.07) is 5.97. The highest BCUT2D eigenvalue weighted by Crippen LogP contribution is 2.25. The van der Waals surface area contributed by atoms with Crippen LogP contribution < -0.4 is 15.4 Å². The molecular formula is C14H20N2O2S. The van der Waals surface area contributed by atoms with Crippen LogP contribution in [0.25, 0.3) is 0 Å². The average molecular weight is 280 g/mol. The first-order chi connectivity index (χ1) is 9.19. The number of benzene rings is 1. The van der Waals surface area contributed by atoms with E-state index in [9.17, 15) is 0 Å². The minimum Gasteiger partial charge on any atom is -0.495 e. The third-order valence-electron chi connectivity index (χ3n) is 3.12. The summed E-state index contributed by atoms with van der Waals surface area (Å²) >= 11 is 5.28. The van der Waals surface area contributed by atoms with E-state index in [1.165, 1.54) is 0 Å². The van der Waals surface area contributed by atoms with Crippen LogP contribution in [0, 0.1) is 6.92 Å². The van der Waals surface area contributed by atoms with Crippen molar-refractivity contribution in [3.8, 4) is 5.75 Å². The largest absolute Gasteiger partial charge is 0.495 e. The predicted molar refractivity (Wildman–Crippen MR) is 80.9 cm³/mol. The molecule has 0 radical (unpaired) electrons. The maximum absolute atomic E-state index is 5.54. The molecule has 19 heavy (non-hydrogen) atoms. The standard InChI is InChI=1S/C14H20N2O2S/c1-10-5-6-12(13(8-10)17-2)16-14(19)15-9-11-4-3-7-18-11/h5-6,8,11H,3-4,7,9H2,1-2H3,(H2,15,16,19). The molecule has 104 valence electrons. The molecule has 0 aromatic heterocycles. The molecule has 1 aliphatic heterocycles. The van der Waals surface area contributed by atoms with Gasteiger partial charge in [-0.25, -0.2) is 0 Å². The lowest BCUT2D eigenvalue weighted by Crippen LogP contribution is -2.34. The lowest BCUT2D eigenvalue weighted by Gasteiger charge is -2.16. The Balaban J connectivity index is 1.87. The van der Waals surface area contributed by atoms with Crippen molar-refractivity contribution >= 4 is 23.0 Å². The summed E-state index contributed by atoms with van der Waals surface area (Å²) in [6.07, 6.45) is 2.52. The van der Waals surface area contributed by atoms with E-state index in [0.29, 0.717) is 5.11 Å². The van der Waals surface area contributed by atoms with Gasteiger partial charge in [-0.2, -0.15) is 0 Å². The molecule has 2 N–H and O–H groups in total. The zero-order valence-corrected chi connectivity index (χ0v) is 12.2. The van der Waals surface area contributed by atoms with Crippen molar-refractivity contribution < 1.29 is 9.47 Å². The fourth-order valence-corrected chi connectivity index (χ4v) is 2.27. The molecule has 1 unspecified atom stereocenters. The molecule has 0 amide bonds. The Bertz CT molecular complexity index is 445. The first-order valence-corrected chi connectivity index (χ1v) is 6.91. The summed E-state index contributed by atoms with van der Waals surface area (Å²) in [6.45, 7) is 3.64. The number of methoxy groups -OCH3 is 1. The van der Waals surface area contributed by atoms with Crippen LogP contribution in [0.2, 0.25) is 0 Å². The van der Waals surface area contributed by atoms with Crippen LogP contribution in [0.3, 0.4) is 0 Å². The van der Waals surface area contributed by atoms with E-state index in [1.54, 1.807) is 7.11 Å². The Morgan fingerprint density at radius 2 is 2.37 bits per heavy atom. The van der Waals surface area contributed by atoms with Crippen LogP contribution in [0.15, 0.2) is 18.2 Å². The zero-order valence-electron chi connectivity index (χ0n) is 11.4. The van der Waals surface area contributed by atoms with E-state index in [1.807, 2.05) is 25.1 Å². The second-order valence-corrected chi connectivity index (χ2v) is 5.08. The van der Waals surface area contributed by atoms with Crippen LogP contribution in [-0.2, 0) is 4.74 Å². The van der Waals surface area contributed by atoms with Crippen molar-refractivity contribution in [1.29, 1.82) is 0 Å². The lowest BCUT2D eigenvalue weighted by atomic mass is 10.2. The number of hydrogen-bond donors (Lipinski definition) is 2. The lowest BCUT2D eigenvalue weighted by molar-refractivity contribution is 0.114. The van der Waals surface area contributed by atoms with Gasteiger partial charge >= 0.3 is 0 Å². The first kappa shape index (κ1) is 14.1. The number of rotatable bonds is 4. The Morgan fingerprint density at radius 1 is 1.53 bits per heavy atom. The molecule has 1 aromatic carbocycles. The summed E-state index contributed by atoms with van der Waals surface area (Å²) in [5.41, 5.74) is 2.03. The zero-order chi connectivity index (χ0) is 13.7. The molecule has 0 spiro atoms. The van der Waals surface area contributed by atoms with Crippen LogP contribution in [0.4, 0.5) is 5.69 Å². The monoisotopic (exact) mass is 280 g/mol. The van der Waals surface area contributed by atoms with Crippen LogP contribution >= 0.6 is 12.2 Å². The minimum absolute atomic E-state index is 0.277. The topological polar surface area (TPSA) is 42.5 Å². The van der Waals surface area contributed by atoms with Gasteiger partial charge in [-0.1, -0.05) is 6.07 Å². The van der Waals surface area contributed by atoms with Crippen molar-refractivity contribution in [2.45, 2.75) is 25.9 Å². The van der Waals surface area contributed by atoms with E-state index in [4.69, 9.17) is 21.7 Å². The van der Waals surface area contributed by atoms with E-state index in [-0.39, 0.29) is 6.10 Å². The number of nitrogens with one attached hydrogen (secondary N) is 2. The highest BCUT2D eigenvalue weighted by Gasteiger charge is 2.15. The molecule has 1 saturated heterocycles. The van der Waals surface area contributed by atoms with Crippen LogP contribution in [0.1, 0.15) is 18.4 Å². The smallest absolute Gasteiger partial charge is 0.170 e. The SMILES string of the molecule is COc1cc(C)ccc1NC(=S)NCC1CCCO1. The molecule has 1 atom stereocenters. The fraction of sp³-hybridized carbons (Fsp3) is 0.500.